The Hall–Kier alpha value is -1.31. The summed E-state index contributed by atoms with van der Waals surface area (Å²) >= 11 is 0. The maximum Gasteiger partial charge on any atom is 0.335 e. The Kier molecular flexibility index (Phi) is 4.53. The van der Waals surface area contributed by atoms with Crippen LogP contribution in [0.2, 0.25) is 0 Å². The first-order chi connectivity index (χ1) is 7.63. The van der Waals surface area contributed by atoms with Crippen molar-refractivity contribution in [2.45, 2.75) is 46.5 Å². The number of aryl methyl sites for hydroxylation is 2. The molecule has 0 atom stereocenters. The second-order valence-electron chi connectivity index (χ2n) is 4.04. The summed E-state index contributed by atoms with van der Waals surface area (Å²) < 4.78 is 0. The summed E-state index contributed by atoms with van der Waals surface area (Å²) in [6, 6.07) is 3.98. The van der Waals surface area contributed by atoms with Gasteiger partial charge in [-0.25, -0.2) is 4.79 Å². The number of hydrogen-bond donors (Lipinski definition) is 1. The van der Waals surface area contributed by atoms with Gasteiger partial charge in [0.15, 0.2) is 0 Å². The van der Waals surface area contributed by atoms with Crippen LogP contribution in [-0.2, 0) is 19.3 Å². The molecule has 0 heterocycles. The van der Waals surface area contributed by atoms with Gasteiger partial charge in [-0.15, -0.1) is 0 Å². The molecule has 0 bridgehead atoms. The number of carboxylic acid groups (broad SMARTS) is 1. The van der Waals surface area contributed by atoms with Crippen molar-refractivity contribution in [3.05, 3.63) is 34.4 Å². The zero-order chi connectivity index (χ0) is 12.1. The molecule has 0 aliphatic rings. The number of benzene rings is 1. The standard InChI is InChI=1S/C14H20O2/c1-4-7-11-8-10(5-2)9-13(14(15)16)12(11)6-3/h8-9H,4-7H2,1-3H3,(H,15,16). The van der Waals surface area contributed by atoms with E-state index in [1.165, 1.54) is 5.56 Å². The minimum Gasteiger partial charge on any atom is -0.478 e. The van der Waals surface area contributed by atoms with E-state index in [1.54, 1.807) is 0 Å². The van der Waals surface area contributed by atoms with Crippen LogP contribution in [0.15, 0.2) is 12.1 Å². The fraction of sp³-hybridized carbons (Fsp3) is 0.500. The Morgan fingerprint density at radius 1 is 1.19 bits per heavy atom. The lowest BCUT2D eigenvalue weighted by molar-refractivity contribution is 0.0695. The molecule has 0 unspecified atom stereocenters. The van der Waals surface area contributed by atoms with Gasteiger partial charge in [0.05, 0.1) is 5.56 Å². The number of carbonyl (C=O) groups is 1. The van der Waals surface area contributed by atoms with E-state index in [4.69, 9.17) is 0 Å². The fourth-order valence-electron chi connectivity index (χ4n) is 2.10. The van der Waals surface area contributed by atoms with E-state index < -0.39 is 5.97 Å². The Morgan fingerprint density at radius 3 is 2.31 bits per heavy atom. The second-order valence-corrected chi connectivity index (χ2v) is 4.04. The van der Waals surface area contributed by atoms with Crippen molar-refractivity contribution in [1.29, 1.82) is 0 Å². The summed E-state index contributed by atoms with van der Waals surface area (Å²) in [7, 11) is 0. The molecule has 0 saturated carbocycles. The van der Waals surface area contributed by atoms with E-state index in [-0.39, 0.29) is 0 Å². The van der Waals surface area contributed by atoms with E-state index in [9.17, 15) is 9.90 Å². The third-order valence-corrected chi connectivity index (χ3v) is 2.91. The van der Waals surface area contributed by atoms with Crippen molar-refractivity contribution in [3.8, 4) is 0 Å². The minimum absolute atomic E-state index is 0.491. The number of aromatic carboxylic acids is 1. The average molecular weight is 220 g/mol. The van der Waals surface area contributed by atoms with Gasteiger partial charge in [0.25, 0.3) is 0 Å². The molecule has 0 aromatic heterocycles. The molecule has 0 aliphatic heterocycles. The monoisotopic (exact) mass is 220 g/mol. The van der Waals surface area contributed by atoms with Crippen LogP contribution in [0.1, 0.15) is 54.2 Å². The van der Waals surface area contributed by atoms with Gasteiger partial charge < -0.3 is 5.11 Å². The van der Waals surface area contributed by atoms with E-state index >= 15 is 0 Å². The third kappa shape index (κ3) is 2.63. The van der Waals surface area contributed by atoms with Gasteiger partial charge in [-0.2, -0.15) is 0 Å². The molecule has 1 rings (SSSR count). The molecule has 2 nitrogen and oxygen atoms in total. The van der Waals surface area contributed by atoms with Crippen LogP contribution in [0.25, 0.3) is 0 Å². The first kappa shape index (κ1) is 12.8. The largest absolute Gasteiger partial charge is 0.478 e. The molecule has 2 heteroatoms. The summed E-state index contributed by atoms with van der Waals surface area (Å²) in [4.78, 5) is 11.2. The lowest BCUT2D eigenvalue weighted by Crippen LogP contribution is -2.07. The highest BCUT2D eigenvalue weighted by Crippen LogP contribution is 2.21. The number of carboxylic acids is 1. The third-order valence-electron chi connectivity index (χ3n) is 2.91. The Balaban J connectivity index is 3.33. The van der Waals surface area contributed by atoms with Crippen LogP contribution in [0.4, 0.5) is 0 Å². The lowest BCUT2D eigenvalue weighted by Gasteiger charge is -2.13. The normalized spacial score (nSPS) is 10.4. The van der Waals surface area contributed by atoms with Crippen molar-refractivity contribution in [1.82, 2.24) is 0 Å². The van der Waals surface area contributed by atoms with Gasteiger partial charge in [0.2, 0.25) is 0 Å². The quantitative estimate of drug-likeness (QED) is 0.825. The predicted octanol–water partition coefficient (Wildman–Crippen LogP) is 3.46. The number of hydrogen-bond acceptors (Lipinski definition) is 1. The van der Waals surface area contributed by atoms with Gasteiger partial charge in [0.1, 0.15) is 0 Å². The molecule has 16 heavy (non-hydrogen) atoms. The highest BCUT2D eigenvalue weighted by Gasteiger charge is 2.13. The van der Waals surface area contributed by atoms with Gasteiger partial charge in [-0.05, 0) is 42.0 Å². The van der Waals surface area contributed by atoms with Crippen molar-refractivity contribution in [2.75, 3.05) is 0 Å². The highest BCUT2D eigenvalue weighted by atomic mass is 16.4. The first-order valence-corrected chi connectivity index (χ1v) is 6.01. The molecule has 1 aromatic rings. The molecule has 0 saturated heterocycles. The predicted molar refractivity (Wildman–Crippen MR) is 66.2 cm³/mol. The molecule has 0 spiro atoms. The van der Waals surface area contributed by atoms with Gasteiger partial charge >= 0.3 is 5.97 Å². The van der Waals surface area contributed by atoms with Crippen molar-refractivity contribution in [3.63, 3.8) is 0 Å². The van der Waals surface area contributed by atoms with E-state index in [1.807, 2.05) is 13.0 Å². The molecule has 1 aromatic carbocycles. The summed E-state index contributed by atoms with van der Waals surface area (Å²) in [6.45, 7) is 6.20. The van der Waals surface area contributed by atoms with E-state index in [0.717, 1.165) is 36.8 Å². The molecular formula is C14H20O2. The smallest absolute Gasteiger partial charge is 0.335 e. The molecular weight excluding hydrogens is 200 g/mol. The summed E-state index contributed by atoms with van der Waals surface area (Å²) in [5.74, 6) is -0.801. The molecule has 88 valence electrons. The summed E-state index contributed by atoms with van der Waals surface area (Å²) in [5.41, 5.74) is 3.83. The topological polar surface area (TPSA) is 37.3 Å². The zero-order valence-corrected chi connectivity index (χ0v) is 10.3. The average Bonchev–Trinajstić information content (AvgIpc) is 2.28. The van der Waals surface area contributed by atoms with Crippen LogP contribution in [0.5, 0.6) is 0 Å². The van der Waals surface area contributed by atoms with Crippen LogP contribution in [0, 0.1) is 0 Å². The molecule has 0 radical (unpaired) electrons. The Morgan fingerprint density at radius 2 is 1.88 bits per heavy atom. The fourth-order valence-corrected chi connectivity index (χ4v) is 2.10. The van der Waals surface area contributed by atoms with Crippen LogP contribution >= 0.6 is 0 Å². The van der Waals surface area contributed by atoms with E-state index in [2.05, 4.69) is 19.9 Å². The lowest BCUT2D eigenvalue weighted by atomic mass is 9.92. The molecule has 0 aliphatic carbocycles. The Bertz CT molecular complexity index is 381. The summed E-state index contributed by atoms with van der Waals surface area (Å²) in [6.07, 6.45) is 3.71. The van der Waals surface area contributed by atoms with Crippen LogP contribution in [-0.4, -0.2) is 11.1 Å². The van der Waals surface area contributed by atoms with E-state index in [0.29, 0.717) is 5.56 Å². The van der Waals surface area contributed by atoms with Crippen molar-refractivity contribution in [2.24, 2.45) is 0 Å². The zero-order valence-electron chi connectivity index (χ0n) is 10.3. The Labute approximate surface area is 97.3 Å². The van der Waals surface area contributed by atoms with Crippen molar-refractivity contribution < 1.29 is 9.90 Å². The van der Waals surface area contributed by atoms with Gasteiger partial charge in [0, 0.05) is 0 Å². The second kappa shape index (κ2) is 5.69. The van der Waals surface area contributed by atoms with Crippen molar-refractivity contribution >= 4 is 5.97 Å². The van der Waals surface area contributed by atoms with Gasteiger partial charge in [-0.3, -0.25) is 0 Å². The minimum atomic E-state index is -0.801. The molecule has 0 fully saturated rings. The first-order valence-electron chi connectivity index (χ1n) is 6.01. The molecule has 1 N–H and O–H groups in total. The van der Waals surface area contributed by atoms with Crippen LogP contribution < -0.4 is 0 Å². The molecule has 0 amide bonds. The maximum absolute atomic E-state index is 11.2. The SMILES string of the molecule is CCCc1cc(CC)cc(C(=O)O)c1CC. The van der Waals surface area contributed by atoms with Gasteiger partial charge in [-0.1, -0.05) is 33.3 Å². The number of rotatable bonds is 5. The van der Waals surface area contributed by atoms with Crippen LogP contribution in [0.3, 0.4) is 0 Å². The maximum atomic E-state index is 11.2. The summed E-state index contributed by atoms with van der Waals surface area (Å²) in [5, 5.41) is 9.21. The highest BCUT2D eigenvalue weighted by molar-refractivity contribution is 5.90.